The first-order valence-electron chi connectivity index (χ1n) is 5.80. The Morgan fingerprint density at radius 1 is 1.50 bits per heavy atom. The zero-order chi connectivity index (χ0) is 13.3. The number of aliphatic hydroxyl groups is 1. The lowest BCUT2D eigenvalue weighted by atomic mass is 9.98. The Morgan fingerprint density at radius 2 is 2.22 bits per heavy atom. The number of rotatable bonds is 2. The van der Waals surface area contributed by atoms with Crippen LogP contribution in [-0.4, -0.2) is 29.4 Å². The summed E-state index contributed by atoms with van der Waals surface area (Å²) in [5.74, 6) is -1.27. The van der Waals surface area contributed by atoms with Crippen molar-refractivity contribution >= 4 is 16.5 Å². The maximum atomic E-state index is 12.7. The SMILES string of the molecule is Cc1nc(N2CCCC(C(F)(F)F)C2)sc1CO. The molecule has 7 heteroatoms. The van der Waals surface area contributed by atoms with E-state index in [0.717, 1.165) is 4.88 Å². The summed E-state index contributed by atoms with van der Waals surface area (Å²) >= 11 is 1.28. The molecule has 0 bridgehead atoms. The molecular formula is C11H15F3N2OS. The van der Waals surface area contributed by atoms with Gasteiger partial charge in [0.05, 0.1) is 23.1 Å². The van der Waals surface area contributed by atoms with Gasteiger partial charge in [0.2, 0.25) is 0 Å². The van der Waals surface area contributed by atoms with Crippen LogP contribution in [0.3, 0.4) is 0 Å². The van der Waals surface area contributed by atoms with Crippen LogP contribution in [-0.2, 0) is 6.61 Å². The first-order valence-corrected chi connectivity index (χ1v) is 6.62. The summed E-state index contributed by atoms with van der Waals surface area (Å²) in [4.78, 5) is 6.64. The number of aryl methyl sites for hydroxylation is 1. The normalized spacial score (nSPS) is 21.4. The van der Waals surface area contributed by atoms with Gasteiger partial charge in [-0.25, -0.2) is 4.98 Å². The Hall–Kier alpha value is -0.820. The molecular weight excluding hydrogens is 265 g/mol. The third-order valence-electron chi connectivity index (χ3n) is 3.18. The molecule has 1 aliphatic rings. The highest BCUT2D eigenvalue weighted by molar-refractivity contribution is 7.15. The summed E-state index contributed by atoms with van der Waals surface area (Å²) in [7, 11) is 0. The molecule has 1 atom stereocenters. The molecule has 1 aromatic heterocycles. The Bertz CT molecular complexity index is 419. The molecule has 1 unspecified atom stereocenters. The summed E-state index contributed by atoms with van der Waals surface area (Å²) in [6.07, 6.45) is -3.42. The van der Waals surface area contributed by atoms with Crippen LogP contribution in [0.5, 0.6) is 0 Å². The average molecular weight is 280 g/mol. The zero-order valence-electron chi connectivity index (χ0n) is 10.00. The van der Waals surface area contributed by atoms with Crippen LogP contribution in [0.1, 0.15) is 23.4 Å². The highest BCUT2D eigenvalue weighted by Crippen LogP contribution is 2.36. The molecule has 0 radical (unpaired) electrons. The van der Waals surface area contributed by atoms with Gasteiger partial charge in [0.25, 0.3) is 0 Å². The number of halogens is 3. The standard InChI is InChI=1S/C11H15F3N2OS/c1-7-9(6-17)18-10(15-7)16-4-2-3-8(5-16)11(12,13)14/h8,17H,2-6H2,1H3. The van der Waals surface area contributed by atoms with Gasteiger partial charge in [-0.1, -0.05) is 11.3 Å². The Kier molecular flexibility index (Phi) is 3.82. The fraction of sp³-hybridized carbons (Fsp3) is 0.727. The first kappa shape index (κ1) is 13.6. The van der Waals surface area contributed by atoms with Crippen molar-refractivity contribution in [2.24, 2.45) is 5.92 Å². The third kappa shape index (κ3) is 2.77. The van der Waals surface area contributed by atoms with Crippen molar-refractivity contribution in [2.75, 3.05) is 18.0 Å². The van der Waals surface area contributed by atoms with E-state index in [0.29, 0.717) is 23.8 Å². The van der Waals surface area contributed by atoms with E-state index in [-0.39, 0.29) is 19.6 Å². The second kappa shape index (κ2) is 5.05. The molecule has 102 valence electrons. The minimum atomic E-state index is -4.13. The Balaban J connectivity index is 2.13. The number of piperidine rings is 1. The monoisotopic (exact) mass is 280 g/mol. The lowest BCUT2D eigenvalue weighted by molar-refractivity contribution is -0.175. The number of alkyl halides is 3. The van der Waals surface area contributed by atoms with E-state index in [4.69, 9.17) is 5.11 Å². The van der Waals surface area contributed by atoms with E-state index >= 15 is 0 Å². The van der Waals surface area contributed by atoms with Gasteiger partial charge >= 0.3 is 6.18 Å². The van der Waals surface area contributed by atoms with Gasteiger partial charge in [-0.05, 0) is 19.8 Å². The van der Waals surface area contributed by atoms with Gasteiger partial charge in [-0.15, -0.1) is 0 Å². The molecule has 1 saturated heterocycles. The van der Waals surface area contributed by atoms with Gasteiger partial charge in [0.1, 0.15) is 0 Å². The first-order chi connectivity index (χ1) is 8.41. The van der Waals surface area contributed by atoms with Crippen molar-refractivity contribution in [1.29, 1.82) is 0 Å². The van der Waals surface area contributed by atoms with Crippen LogP contribution >= 0.6 is 11.3 Å². The van der Waals surface area contributed by atoms with E-state index in [1.807, 2.05) is 0 Å². The molecule has 0 aliphatic carbocycles. The quantitative estimate of drug-likeness (QED) is 0.905. The molecule has 1 aliphatic heterocycles. The molecule has 1 fully saturated rings. The van der Waals surface area contributed by atoms with Crippen molar-refractivity contribution in [1.82, 2.24) is 4.98 Å². The van der Waals surface area contributed by atoms with E-state index < -0.39 is 12.1 Å². The zero-order valence-corrected chi connectivity index (χ0v) is 10.8. The molecule has 1 N–H and O–H groups in total. The van der Waals surface area contributed by atoms with Crippen LogP contribution in [0.15, 0.2) is 0 Å². The molecule has 2 heterocycles. The molecule has 0 amide bonds. The van der Waals surface area contributed by atoms with Gasteiger partial charge in [0, 0.05) is 13.1 Å². The highest BCUT2D eigenvalue weighted by atomic mass is 32.1. The number of nitrogens with zero attached hydrogens (tertiary/aromatic N) is 2. The van der Waals surface area contributed by atoms with E-state index in [1.54, 1.807) is 11.8 Å². The number of hydrogen-bond acceptors (Lipinski definition) is 4. The van der Waals surface area contributed by atoms with Crippen LogP contribution in [0.2, 0.25) is 0 Å². The largest absolute Gasteiger partial charge is 0.393 e. The number of aromatic nitrogens is 1. The van der Waals surface area contributed by atoms with Gasteiger partial charge in [0.15, 0.2) is 5.13 Å². The summed E-state index contributed by atoms with van der Waals surface area (Å²) < 4.78 is 38.1. The number of aliphatic hydroxyl groups excluding tert-OH is 1. The summed E-state index contributed by atoms with van der Waals surface area (Å²) in [5, 5.41) is 9.67. The molecule has 0 aromatic carbocycles. The molecule has 1 aromatic rings. The molecule has 3 nitrogen and oxygen atoms in total. The average Bonchev–Trinajstić information content (AvgIpc) is 2.70. The van der Waals surface area contributed by atoms with Crippen LogP contribution < -0.4 is 4.90 Å². The van der Waals surface area contributed by atoms with Crippen molar-refractivity contribution < 1.29 is 18.3 Å². The van der Waals surface area contributed by atoms with Crippen molar-refractivity contribution in [3.05, 3.63) is 10.6 Å². The number of thiazole rings is 1. The molecule has 2 rings (SSSR count). The van der Waals surface area contributed by atoms with Crippen LogP contribution in [0.25, 0.3) is 0 Å². The Morgan fingerprint density at radius 3 is 2.78 bits per heavy atom. The van der Waals surface area contributed by atoms with Crippen LogP contribution in [0.4, 0.5) is 18.3 Å². The predicted octanol–water partition coefficient (Wildman–Crippen LogP) is 2.72. The minimum absolute atomic E-state index is 0.0265. The fourth-order valence-electron chi connectivity index (χ4n) is 2.11. The maximum Gasteiger partial charge on any atom is 0.393 e. The van der Waals surface area contributed by atoms with Crippen molar-refractivity contribution in [2.45, 2.75) is 32.5 Å². The van der Waals surface area contributed by atoms with Crippen molar-refractivity contribution in [3.63, 3.8) is 0 Å². The predicted molar refractivity (Wildman–Crippen MR) is 63.8 cm³/mol. The highest BCUT2D eigenvalue weighted by Gasteiger charge is 2.42. The van der Waals surface area contributed by atoms with Crippen molar-refractivity contribution in [3.8, 4) is 0 Å². The maximum absolute atomic E-state index is 12.7. The van der Waals surface area contributed by atoms with Crippen LogP contribution in [0, 0.1) is 12.8 Å². The second-order valence-electron chi connectivity index (χ2n) is 4.49. The summed E-state index contributed by atoms with van der Waals surface area (Å²) in [6, 6.07) is 0. The summed E-state index contributed by atoms with van der Waals surface area (Å²) in [6.45, 7) is 2.22. The minimum Gasteiger partial charge on any atom is -0.391 e. The lowest BCUT2D eigenvalue weighted by Gasteiger charge is -2.33. The Labute approximate surface area is 107 Å². The van der Waals surface area contributed by atoms with E-state index in [1.165, 1.54) is 11.3 Å². The topological polar surface area (TPSA) is 36.4 Å². The second-order valence-corrected chi connectivity index (χ2v) is 5.55. The molecule has 0 saturated carbocycles. The van der Waals surface area contributed by atoms with E-state index in [9.17, 15) is 13.2 Å². The van der Waals surface area contributed by atoms with E-state index in [2.05, 4.69) is 4.98 Å². The third-order valence-corrected chi connectivity index (χ3v) is 4.38. The van der Waals surface area contributed by atoms with Gasteiger partial charge in [-0.3, -0.25) is 0 Å². The number of hydrogen-bond donors (Lipinski definition) is 1. The lowest BCUT2D eigenvalue weighted by Crippen LogP contribution is -2.41. The molecule has 18 heavy (non-hydrogen) atoms. The fourth-order valence-corrected chi connectivity index (χ4v) is 3.07. The van der Waals surface area contributed by atoms with Gasteiger partial charge < -0.3 is 10.0 Å². The molecule has 0 spiro atoms. The smallest absolute Gasteiger partial charge is 0.391 e. The number of anilines is 1. The summed E-state index contributed by atoms with van der Waals surface area (Å²) in [5.41, 5.74) is 0.701. The van der Waals surface area contributed by atoms with Gasteiger partial charge in [-0.2, -0.15) is 13.2 Å².